The van der Waals surface area contributed by atoms with Crippen molar-refractivity contribution in [1.82, 2.24) is 0 Å². The Morgan fingerprint density at radius 3 is 1.82 bits per heavy atom. The first-order chi connectivity index (χ1) is 16.2. The van der Waals surface area contributed by atoms with Gasteiger partial charge >= 0.3 is 5.97 Å². The number of esters is 1. The number of nitriles is 1. The number of hydrogen-bond donors (Lipinski definition) is 0. The second-order valence-electron chi connectivity index (χ2n) is 8.50. The van der Waals surface area contributed by atoms with Crippen LogP contribution in [0.25, 0.3) is 5.57 Å². The van der Waals surface area contributed by atoms with Gasteiger partial charge in [0.05, 0.1) is 26.4 Å². The minimum Gasteiger partial charge on any atom is -0.493 e. The van der Waals surface area contributed by atoms with Gasteiger partial charge in [0.2, 0.25) is 0 Å². The third kappa shape index (κ3) is 13.0. The highest BCUT2D eigenvalue weighted by molar-refractivity contribution is 5.95. The van der Waals surface area contributed by atoms with E-state index in [0.29, 0.717) is 23.7 Å². The van der Waals surface area contributed by atoms with Gasteiger partial charge < -0.3 is 14.2 Å². The highest BCUT2D eigenvalue weighted by atomic mass is 16.5. The first-order valence-corrected chi connectivity index (χ1v) is 12.7. The molecule has 184 valence electrons. The molecule has 33 heavy (non-hydrogen) atoms. The average Bonchev–Trinajstić information content (AvgIpc) is 2.84. The van der Waals surface area contributed by atoms with E-state index in [1.807, 2.05) is 0 Å². The molecule has 0 fully saturated rings. The van der Waals surface area contributed by atoms with Crippen LogP contribution in [0.1, 0.15) is 102 Å². The van der Waals surface area contributed by atoms with Crippen LogP contribution in [0, 0.1) is 11.3 Å². The summed E-state index contributed by atoms with van der Waals surface area (Å²) in [4.78, 5) is 12.1. The normalized spacial score (nSPS) is 11.2. The standard InChI is InChI=1S/C28H43NO4/c1-4-5-6-7-8-9-10-11-12-13-14-15-16-17-20-33-28(30)22-25(23-29)24-18-19-26(31-2)27(21-24)32-3/h18-19,21-22H,4-17,20H2,1-3H3. The molecule has 5 heteroatoms. The molecule has 0 saturated carbocycles. The van der Waals surface area contributed by atoms with Crippen molar-refractivity contribution in [2.75, 3.05) is 20.8 Å². The number of ether oxygens (including phenoxy) is 3. The van der Waals surface area contributed by atoms with E-state index in [9.17, 15) is 10.1 Å². The zero-order chi connectivity index (χ0) is 24.2. The van der Waals surface area contributed by atoms with Crippen LogP contribution in [-0.2, 0) is 9.53 Å². The fraction of sp³-hybridized carbons (Fsp3) is 0.643. The van der Waals surface area contributed by atoms with Crippen molar-refractivity contribution in [3.8, 4) is 17.6 Å². The summed E-state index contributed by atoms with van der Waals surface area (Å²) in [5.74, 6) is 0.585. The Morgan fingerprint density at radius 1 is 0.818 bits per heavy atom. The molecular formula is C28H43NO4. The highest BCUT2D eigenvalue weighted by Gasteiger charge is 2.10. The van der Waals surface area contributed by atoms with E-state index < -0.39 is 5.97 Å². The summed E-state index contributed by atoms with van der Waals surface area (Å²) in [5.41, 5.74) is 0.825. The van der Waals surface area contributed by atoms with Gasteiger partial charge in [0.25, 0.3) is 0 Å². The van der Waals surface area contributed by atoms with Gasteiger partial charge in [0, 0.05) is 6.08 Å². The lowest BCUT2D eigenvalue weighted by molar-refractivity contribution is -0.137. The first-order valence-electron chi connectivity index (χ1n) is 12.7. The zero-order valence-corrected chi connectivity index (χ0v) is 21.0. The monoisotopic (exact) mass is 457 g/mol. The summed E-state index contributed by atoms with van der Waals surface area (Å²) in [7, 11) is 3.08. The Morgan fingerprint density at radius 2 is 1.33 bits per heavy atom. The number of allylic oxidation sites excluding steroid dienone is 1. The Balaban J connectivity index is 2.13. The van der Waals surface area contributed by atoms with Crippen molar-refractivity contribution in [2.45, 2.75) is 96.8 Å². The molecule has 0 radical (unpaired) electrons. The van der Waals surface area contributed by atoms with Crippen molar-refractivity contribution in [3.05, 3.63) is 29.8 Å². The molecular weight excluding hydrogens is 414 g/mol. The molecule has 0 saturated heterocycles. The molecule has 1 aromatic carbocycles. The quantitative estimate of drug-likeness (QED) is 0.0924. The van der Waals surface area contributed by atoms with E-state index in [1.165, 1.54) is 90.2 Å². The molecule has 0 unspecified atom stereocenters. The predicted octanol–water partition coefficient (Wildman–Crippen LogP) is 7.64. The maximum Gasteiger partial charge on any atom is 0.332 e. The molecule has 0 aliphatic carbocycles. The first kappa shape index (κ1) is 28.6. The largest absolute Gasteiger partial charge is 0.493 e. The number of hydrogen-bond acceptors (Lipinski definition) is 5. The average molecular weight is 458 g/mol. The van der Waals surface area contributed by atoms with E-state index in [0.717, 1.165) is 12.8 Å². The second-order valence-corrected chi connectivity index (χ2v) is 8.50. The molecule has 1 rings (SSSR count). The molecule has 0 N–H and O–H groups in total. The van der Waals surface area contributed by atoms with Crippen molar-refractivity contribution < 1.29 is 19.0 Å². The van der Waals surface area contributed by atoms with Gasteiger partial charge in [-0.3, -0.25) is 0 Å². The Labute approximate surface area is 201 Å². The van der Waals surface area contributed by atoms with Crippen molar-refractivity contribution >= 4 is 11.5 Å². The van der Waals surface area contributed by atoms with Gasteiger partial charge in [-0.2, -0.15) is 5.26 Å². The third-order valence-corrected chi connectivity index (χ3v) is 5.82. The van der Waals surface area contributed by atoms with Crippen LogP contribution in [0.15, 0.2) is 24.3 Å². The summed E-state index contributed by atoms with van der Waals surface area (Å²) in [6, 6.07) is 7.16. The summed E-state index contributed by atoms with van der Waals surface area (Å²) in [6.07, 6.45) is 19.3. The third-order valence-electron chi connectivity index (χ3n) is 5.82. The lowest BCUT2D eigenvalue weighted by Crippen LogP contribution is -2.03. The molecule has 0 aliphatic heterocycles. The van der Waals surface area contributed by atoms with Gasteiger partial charge in [0.15, 0.2) is 11.5 Å². The molecule has 0 atom stereocenters. The number of nitrogens with zero attached hydrogens (tertiary/aromatic N) is 1. The SMILES string of the molecule is CCCCCCCCCCCCCCCCOC(=O)C=C(C#N)c1ccc(OC)c(OC)c1. The molecule has 0 amide bonds. The molecule has 0 spiro atoms. The molecule has 5 nitrogen and oxygen atoms in total. The van der Waals surface area contributed by atoms with E-state index in [4.69, 9.17) is 14.2 Å². The number of carbonyl (C=O) groups excluding carboxylic acids is 1. The smallest absolute Gasteiger partial charge is 0.332 e. The highest BCUT2D eigenvalue weighted by Crippen LogP contribution is 2.30. The van der Waals surface area contributed by atoms with E-state index in [1.54, 1.807) is 25.3 Å². The Kier molecular flexibility index (Phi) is 16.5. The van der Waals surface area contributed by atoms with Crippen LogP contribution in [-0.4, -0.2) is 26.8 Å². The number of methoxy groups -OCH3 is 2. The fourth-order valence-corrected chi connectivity index (χ4v) is 3.81. The maximum atomic E-state index is 12.1. The molecule has 0 heterocycles. The van der Waals surface area contributed by atoms with E-state index in [2.05, 4.69) is 13.0 Å². The van der Waals surface area contributed by atoms with Crippen molar-refractivity contribution in [1.29, 1.82) is 5.26 Å². The molecule has 0 aromatic heterocycles. The zero-order valence-electron chi connectivity index (χ0n) is 21.0. The van der Waals surface area contributed by atoms with Crippen molar-refractivity contribution in [2.24, 2.45) is 0 Å². The number of unbranched alkanes of at least 4 members (excludes halogenated alkanes) is 13. The van der Waals surface area contributed by atoms with Crippen LogP contribution in [0.2, 0.25) is 0 Å². The van der Waals surface area contributed by atoms with Gasteiger partial charge in [0.1, 0.15) is 6.07 Å². The van der Waals surface area contributed by atoms with Crippen molar-refractivity contribution in [3.63, 3.8) is 0 Å². The second kappa shape index (κ2) is 19.0. The van der Waals surface area contributed by atoms with Crippen LogP contribution in [0.5, 0.6) is 11.5 Å². The van der Waals surface area contributed by atoms with Crippen LogP contribution in [0.4, 0.5) is 0 Å². The fourth-order valence-electron chi connectivity index (χ4n) is 3.81. The van der Waals surface area contributed by atoms with Crippen LogP contribution in [0.3, 0.4) is 0 Å². The van der Waals surface area contributed by atoms with Gasteiger partial charge in [-0.05, 0) is 30.2 Å². The minimum absolute atomic E-state index is 0.238. The number of carbonyl (C=O) groups is 1. The lowest BCUT2D eigenvalue weighted by Gasteiger charge is -2.09. The minimum atomic E-state index is -0.490. The van der Waals surface area contributed by atoms with Crippen LogP contribution < -0.4 is 9.47 Å². The summed E-state index contributed by atoms with van der Waals surface area (Å²) in [6.45, 7) is 2.65. The summed E-state index contributed by atoms with van der Waals surface area (Å²) < 4.78 is 15.7. The topological polar surface area (TPSA) is 68.6 Å². The van der Waals surface area contributed by atoms with Crippen LogP contribution >= 0.6 is 0 Å². The van der Waals surface area contributed by atoms with Gasteiger partial charge in [-0.15, -0.1) is 0 Å². The number of rotatable bonds is 19. The van der Waals surface area contributed by atoms with E-state index in [-0.39, 0.29) is 5.57 Å². The predicted molar refractivity (Wildman–Crippen MR) is 134 cm³/mol. The Bertz CT molecular complexity index is 736. The van der Waals surface area contributed by atoms with E-state index >= 15 is 0 Å². The van der Waals surface area contributed by atoms with Gasteiger partial charge in [-0.25, -0.2) is 4.79 Å². The van der Waals surface area contributed by atoms with Gasteiger partial charge in [-0.1, -0.05) is 90.4 Å². The lowest BCUT2D eigenvalue weighted by atomic mass is 10.0. The Hall–Kier alpha value is -2.48. The molecule has 0 aliphatic rings. The number of benzene rings is 1. The maximum absolute atomic E-state index is 12.1. The summed E-state index contributed by atoms with van der Waals surface area (Å²) >= 11 is 0. The summed E-state index contributed by atoms with van der Waals surface area (Å²) in [5, 5.41) is 9.42. The molecule has 0 bridgehead atoms. The molecule has 1 aromatic rings.